The Morgan fingerprint density at radius 3 is 2.50 bits per heavy atom. The number of amides is 1. The lowest BCUT2D eigenvalue weighted by Gasteiger charge is -2.48. The highest BCUT2D eigenvalue weighted by Crippen LogP contribution is 2.42. The van der Waals surface area contributed by atoms with Crippen LogP contribution in [0, 0.1) is 5.41 Å². The van der Waals surface area contributed by atoms with Crippen LogP contribution in [0.2, 0.25) is 0 Å². The van der Waals surface area contributed by atoms with Crippen LogP contribution < -0.4 is 4.74 Å². The Morgan fingerprint density at radius 1 is 1.23 bits per heavy atom. The number of aliphatic hydroxyl groups is 1. The minimum atomic E-state index is -1.02. The number of hydrogen-bond donors (Lipinski definition) is 2. The first kappa shape index (κ1) is 22.9. The van der Waals surface area contributed by atoms with Gasteiger partial charge in [-0.1, -0.05) is 32.9 Å². The minimum absolute atomic E-state index is 0.238. The standard InChI is InChI=1S/C24H38N2O4/c1-18-7-5-13-25(18)14-6-16-30-20-10-8-19(9-11-20)24(29)12-15-26(22(27)28)21(17-24)23(2,3)4/h8-11,18,21,29H,5-7,12-17H2,1-4H3,(H,27,28)/t18-,21?,24?/m1/s1. The fraction of sp³-hybridized carbons (Fsp3) is 0.708. The molecule has 0 aliphatic carbocycles. The molecule has 2 heterocycles. The van der Waals surface area contributed by atoms with Crippen molar-refractivity contribution in [2.75, 3.05) is 26.2 Å². The summed E-state index contributed by atoms with van der Waals surface area (Å²) in [6, 6.07) is 8.14. The van der Waals surface area contributed by atoms with Gasteiger partial charge in [-0.05, 0) is 62.3 Å². The summed E-state index contributed by atoms with van der Waals surface area (Å²) in [4.78, 5) is 15.7. The third-order valence-corrected chi connectivity index (χ3v) is 6.86. The van der Waals surface area contributed by atoms with Crippen molar-refractivity contribution in [2.24, 2.45) is 5.41 Å². The lowest BCUT2D eigenvalue weighted by Crippen LogP contribution is -2.55. The molecule has 2 aliphatic rings. The van der Waals surface area contributed by atoms with Gasteiger partial charge in [0.1, 0.15) is 5.75 Å². The lowest BCUT2D eigenvalue weighted by atomic mass is 9.72. The van der Waals surface area contributed by atoms with Crippen LogP contribution in [0.5, 0.6) is 5.75 Å². The quantitative estimate of drug-likeness (QED) is 0.673. The van der Waals surface area contributed by atoms with E-state index >= 15 is 0 Å². The van der Waals surface area contributed by atoms with E-state index in [1.807, 2.05) is 45.0 Å². The number of benzene rings is 1. The van der Waals surface area contributed by atoms with E-state index < -0.39 is 11.7 Å². The van der Waals surface area contributed by atoms with Crippen molar-refractivity contribution < 1.29 is 19.7 Å². The summed E-state index contributed by atoms with van der Waals surface area (Å²) in [7, 11) is 0. The van der Waals surface area contributed by atoms with Crippen molar-refractivity contribution in [3.63, 3.8) is 0 Å². The number of piperidine rings is 1. The summed E-state index contributed by atoms with van der Waals surface area (Å²) in [6.45, 7) is 11.7. The van der Waals surface area contributed by atoms with Crippen LogP contribution >= 0.6 is 0 Å². The zero-order valence-corrected chi connectivity index (χ0v) is 18.9. The van der Waals surface area contributed by atoms with E-state index in [9.17, 15) is 15.0 Å². The molecule has 0 bridgehead atoms. The molecule has 6 heteroatoms. The molecule has 0 saturated carbocycles. The Balaban J connectivity index is 1.57. The van der Waals surface area contributed by atoms with Gasteiger partial charge in [-0.2, -0.15) is 0 Å². The molecule has 2 saturated heterocycles. The van der Waals surface area contributed by atoms with Gasteiger partial charge in [0.2, 0.25) is 0 Å². The van der Waals surface area contributed by atoms with Gasteiger partial charge in [0.05, 0.1) is 12.2 Å². The van der Waals surface area contributed by atoms with Crippen LogP contribution in [0.15, 0.2) is 24.3 Å². The molecule has 2 fully saturated rings. The lowest BCUT2D eigenvalue weighted by molar-refractivity contribution is -0.0687. The fourth-order valence-electron chi connectivity index (χ4n) is 4.90. The Hall–Kier alpha value is -1.79. The van der Waals surface area contributed by atoms with Crippen LogP contribution in [0.25, 0.3) is 0 Å². The molecule has 1 aromatic rings. The van der Waals surface area contributed by atoms with Crippen LogP contribution in [0.1, 0.15) is 65.4 Å². The number of carbonyl (C=O) groups is 1. The molecule has 3 rings (SSSR count). The molecule has 6 nitrogen and oxygen atoms in total. The van der Waals surface area contributed by atoms with E-state index in [-0.39, 0.29) is 11.5 Å². The number of nitrogens with zero attached hydrogens (tertiary/aromatic N) is 2. The van der Waals surface area contributed by atoms with E-state index in [2.05, 4.69) is 11.8 Å². The smallest absolute Gasteiger partial charge is 0.407 e. The Labute approximate surface area is 180 Å². The molecule has 2 aliphatic heterocycles. The first-order valence-electron chi connectivity index (χ1n) is 11.3. The molecule has 1 aromatic carbocycles. The molecule has 3 atom stereocenters. The number of hydrogen-bond acceptors (Lipinski definition) is 4. The van der Waals surface area contributed by atoms with Crippen molar-refractivity contribution in [3.05, 3.63) is 29.8 Å². The Bertz CT molecular complexity index is 715. The molecule has 2 N–H and O–H groups in total. The van der Waals surface area contributed by atoms with Gasteiger partial charge in [-0.25, -0.2) is 4.79 Å². The highest BCUT2D eigenvalue weighted by molar-refractivity contribution is 5.66. The molecule has 0 spiro atoms. The highest BCUT2D eigenvalue weighted by atomic mass is 16.5. The van der Waals surface area contributed by atoms with Gasteiger partial charge in [-0.3, -0.25) is 0 Å². The average molecular weight is 419 g/mol. The number of ether oxygens (including phenoxy) is 1. The maximum absolute atomic E-state index is 11.7. The van der Waals surface area contributed by atoms with Crippen LogP contribution in [0.4, 0.5) is 4.79 Å². The summed E-state index contributed by atoms with van der Waals surface area (Å²) in [5.41, 5.74) is -0.434. The molecule has 0 radical (unpaired) electrons. The SMILES string of the molecule is C[C@@H]1CCCN1CCCOc1ccc(C2(O)CCN(C(=O)O)C(C(C)(C)C)C2)cc1. The van der Waals surface area contributed by atoms with Crippen molar-refractivity contribution in [3.8, 4) is 5.75 Å². The van der Waals surface area contributed by atoms with Gasteiger partial charge < -0.3 is 24.7 Å². The zero-order valence-electron chi connectivity index (χ0n) is 18.9. The van der Waals surface area contributed by atoms with E-state index in [4.69, 9.17) is 4.74 Å². The second kappa shape index (κ2) is 9.15. The molecular formula is C24H38N2O4. The van der Waals surface area contributed by atoms with Gasteiger partial charge >= 0.3 is 6.09 Å². The second-order valence-corrected chi connectivity index (χ2v) is 10.1. The van der Waals surface area contributed by atoms with Crippen molar-refractivity contribution in [1.82, 2.24) is 9.80 Å². The number of rotatable bonds is 6. The van der Waals surface area contributed by atoms with Gasteiger partial charge in [0, 0.05) is 31.6 Å². The van der Waals surface area contributed by atoms with E-state index in [1.165, 1.54) is 24.3 Å². The molecule has 2 unspecified atom stereocenters. The summed E-state index contributed by atoms with van der Waals surface area (Å²) in [6.07, 6.45) is 3.49. The third-order valence-electron chi connectivity index (χ3n) is 6.86. The first-order chi connectivity index (χ1) is 14.1. The van der Waals surface area contributed by atoms with Gasteiger partial charge in [0.15, 0.2) is 0 Å². The monoisotopic (exact) mass is 418 g/mol. The van der Waals surface area contributed by atoms with Crippen molar-refractivity contribution in [1.29, 1.82) is 0 Å². The van der Waals surface area contributed by atoms with Gasteiger partial charge in [-0.15, -0.1) is 0 Å². The molecule has 30 heavy (non-hydrogen) atoms. The maximum atomic E-state index is 11.7. The largest absolute Gasteiger partial charge is 0.494 e. The van der Waals surface area contributed by atoms with Crippen LogP contribution in [-0.2, 0) is 5.60 Å². The van der Waals surface area contributed by atoms with E-state index in [0.29, 0.717) is 32.0 Å². The highest BCUT2D eigenvalue weighted by Gasteiger charge is 2.45. The zero-order chi connectivity index (χ0) is 21.9. The average Bonchev–Trinajstić information content (AvgIpc) is 3.09. The molecule has 0 aromatic heterocycles. The van der Waals surface area contributed by atoms with Crippen LogP contribution in [0.3, 0.4) is 0 Å². The number of likely N-dealkylation sites (tertiary alicyclic amines) is 2. The number of carboxylic acid groups (broad SMARTS) is 1. The van der Waals surface area contributed by atoms with Crippen molar-refractivity contribution in [2.45, 2.75) is 77.5 Å². The second-order valence-electron chi connectivity index (χ2n) is 10.1. The van der Waals surface area contributed by atoms with Gasteiger partial charge in [0.25, 0.3) is 0 Å². The molecule has 1 amide bonds. The predicted molar refractivity (Wildman–Crippen MR) is 118 cm³/mol. The van der Waals surface area contributed by atoms with E-state index in [0.717, 1.165) is 24.3 Å². The Kier molecular flexibility index (Phi) is 6.98. The molecular weight excluding hydrogens is 380 g/mol. The van der Waals surface area contributed by atoms with E-state index in [1.54, 1.807) is 0 Å². The fourth-order valence-corrected chi connectivity index (χ4v) is 4.90. The minimum Gasteiger partial charge on any atom is -0.494 e. The van der Waals surface area contributed by atoms with Crippen LogP contribution in [-0.4, -0.2) is 64.4 Å². The Morgan fingerprint density at radius 2 is 1.93 bits per heavy atom. The first-order valence-corrected chi connectivity index (χ1v) is 11.3. The third kappa shape index (κ3) is 5.27. The summed E-state index contributed by atoms with van der Waals surface area (Å²) in [5, 5.41) is 20.9. The maximum Gasteiger partial charge on any atom is 0.407 e. The molecule has 168 valence electrons. The summed E-state index contributed by atoms with van der Waals surface area (Å²) < 4.78 is 5.91. The summed E-state index contributed by atoms with van der Waals surface area (Å²) >= 11 is 0. The normalized spacial score (nSPS) is 28.0. The van der Waals surface area contributed by atoms with Crippen molar-refractivity contribution >= 4 is 6.09 Å². The topological polar surface area (TPSA) is 73.2 Å². The summed E-state index contributed by atoms with van der Waals surface area (Å²) in [5.74, 6) is 0.812. The predicted octanol–water partition coefficient (Wildman–Crippen LogP) is 4.32.